The molecule has 0 fully saturated rings. The van der Waals surface area contributed by atoms with Gasteiger partial charge in [-0.1, -0.05) is 11.6 Å². The number of hydrogen-bond donors (Lipinski definition) is 2. The highest BCUT2D eigenvalue weighted by Gasteiger charge is 2.18. The lowest BCUT2D eigenvalue weighted by Crippen LogP contribution is -2.24. The molecular weight excluding hydrogens is 300 g/mol. The molecule has 2 aromatic rings. The molecule has 0 saturated carbocycles. The van der Waals surface area contributed by atoms with E-state index in [1.165, 1.54) is 18.5 Å². The molecule has 0 aliphatic rings. The minimum atomic E-state index is -3.68. The average Bonchev–Trinajstić information content (AvgIpc) is 2.42. The van der Waals surface area contributed by atoms with Crippen molar-refractivity contribution in [2.75, 3.05) is 5.73 Å². The van der Waals surface area contributed by atoms with Gasteiger partial charge in [0.15, 0.2) is 0 Å². The highest BCUT2D eigenvalue weighted by Crippen LogP contribution is 2.26. The zero-order valence-electron chi connectivity index (χ0n) is 10.7. The number of nitrogens with two attached hydrogens (primary N) is 1. The quantitative estimate of drug-likeness (QED) is 0.834. The monoisotopic (exact) mass is 312 g/mol. The van der Waals surface area contributed by atoms with Crippen molar-refractivity contribution in [3.05, 3.63) is 47.0 Å². The van der Waals surface area contributed by atoms with Crippen molar-refractivity contribution in [2.24, 2.45) is 0 Å². The maximum Gasteiger partial charge on any atom is 0.241 e. The van der Waals surface area contributed by atoms with E-state index in [9.17, 15) is 8.42 Å². The number of aryl methyl sites for hydroxylation is 1. The molecule has 3 N–H and O–H groups in total. The molecular formula is C12H13ClN4O2S. The highest BCUT2D eigenvalue weighted by molar-refractivity contribution is 7.89. The molecule has 0 radical (unpaired) electrons. The number of aromatic nitrogens is 2. The van der Waals surface area contributed by atoms with Crippen molar-refractivity contribution in [2.45, 2.75) is 18.4 Å². The highest BCUT2D eigenvalue weighted by atomic mass is 35.5. The Kier molecular flexibility index (Phi) is 4.22. The molecule has 8 heteroatoms. The van der Waals surface area contributed by atoms with E-state index in [1.807, 2.05) is 0 Å². The van der Waals surface area contributed by atoms with E-state index in [0.29, 0.717) is 16.3 Å². The van der Waals surface area contributed by atoms with Crippen LogP contribution < -0.4 is 10.5 Å². The predicted octanol–water partition coefficient (Wildman–Crippen LogP) is 1.50. The first-order valence-corrected chi connectivity index (χ1v) is 7.56. The molecule has 1 aromatic heterocycles. The molecule has 0 amide bonds. The van der Waals surface area contributed by atoms with Gasteiger partial charge in [0.2, 0.25) is 10.0 Å². The molecule has 0 unspecified atom stereocenters. The van der Waals surface area contributed by atoms with Gasteiger partial charge in [-0.3, -0.25) is 0 Å². The van der Waals surface area contributed by atoms with Crippen LogP contribution in [0.5, 0.6) is 0 Å². The van der Waals surface area contributed by atoms with Crippen molar-refractivity contribution in [1.82, 2.24) is 14.7 Å². The normalized spacial score (nSPS) is 11.5. The van der Waals surface area contributed by atoms with Crippen molar-refractivity contribution in [3.63, 3.8) is 0 Å². The van der Waals surface area contributed by atoms with Crippen LogP contribution in [0.1, 0.15) is 11.3 Å². The minimum Gasteiger partial charge on any atom is -0.397 e. The van der Waals surface area contributed by atoms with Gasteiger partial charge in [0, 0.05) is 6.20 Å². The van der Waals surface area contributed by atoms with E-state index in [1.54, 1.807) is 19.2 Å². The maximum atomic E-state index is 12.2. The molecule has 20 heavy (non-hydrogen) atoms. The van der Waals surface area contributed by atoms with Gasteiger partial charge in [0.1, 0.15) is 6.33 Å². The summed E-state index contributed by atoms with van der Waals surface area (Å²) in [6.45, 7) is 1.73. The lowest BCUT2D eigenvalue weighted by molar-refractivity contribution is 0.579. The van der Waals surface area contributed by atoms with E-state index in [-0.39, 0.29) is 17.1 Å². The lowest BCUT2D eigenvalue weighted by Gasteiger charge is -2.10. The molecule has 2 rings (SSSR count). The molecule has 0 bridgehead atoms. The number of benzene rings is 1. The summed E-state index contributed by atoms with van der Waals surface area (Å²) in [7, 11) is -3.68. The van der Waals surface area contributed by atoms with Crippen LogP contribution in [0.2, 0.25) is 5.02 Å². The van der Waals surface area contributed by atoms with Crippen LogP contribution in [-0.2, 0) is 16.6 Å². The third-order valence-electron chi connectivity index (χ3n) is 2.67. The van der Waals surface area contributed by atoms with Gasteiger partial charge in [0.25, 0.3) is 0 Å². The van der Waals surface area contributed by atoms with Gasteiger partial charge < -0.3 is 5.73 Å². The number of nitrogens with zero attached hydrogens (tertiary/aromatic N) is 2. The Morgan fingerprint density at radius 3 is 2.80 bits per heavy atom. The van der Waals surface area contributed by atoms with Crippen LogP contribution in [0.3, 0.4) is 0 Å². The van der Waals surface area contributed by atoms with Gasteiger partial charge in [-0.05, 0) is 30.7 Å². The van der Waals surface area contributed by atoms with Crippen LogP contribution in [-0.4, -0.2) is 18.4 Å². The van der Waals surface area contributed by atoms with Crippen LogP contribution in [0, 0.1) is 6.92 Å². The topological polar surface area (TPSA) is 98.0 Å². The fourth-order valence-electron chi connectivity index (χ4n) is 1.63. The van der Waals surface area contributed by atoms with E-state index in [2.05, 4.69) is 14.7 Å². The standard InChI is InChI=1S/C12H13ClN4O2S/c1-8-4-10(13)11(14)5-12(8)20(18,19)17-6-9-2-3-15-7-16-9/h2-5,7,17H,6,14H2,1H3. The molecule has 106 valence electrons. The van der Waals surface area contributed by atoms with Crippen LogP contribution in [0.15, 0.2) is 35.6 Å². The Bertz CT molecular complexity index is 720. The summed E-state index contributed by atoms with van der Waals surface area (Å²) in [5.74, 6) is 0. The summed E-state index contributed by atoms with van der Waals surface area (Å²) in [4.78, 5) is 7.81. The molecule has 6 nitrogen and oxygen atoms in total. The predicted molar refractivity (Wildman–Crippen MR) is 76.7 cm³/mol. The number of nitrogens with one attached hydrogen (secondary N) is 1. The molecule has 0 spiro atoms. The summed E-state index contributed by atoms with van der Waals surface area (Å²) < 4.78 is 26.9. The average molecular weight is 313 g/mol. The second-order valence-corrected chi connectivity index (χ2v) is 6.31. The first-order chi connectivity index (χ1) is 9.40. The Morgan fingerprint density at radius 1 is 1.40 bits per heavy atom. The Morgan fingerprint density at radius 2 is 2.15 bits per heavy atom. The zero-order chi connectivity index (χ0) is 14.8. The van der Waals surface area contributed by atoms with E-state index >= 15 is 0 Å². The largest absolute Gasteiger partial charge is 0.397 e. The Hall–Kier alpha value is -1.70. The lowest BCUT2D eigenvalue weighted by atomic mass is 10.2. The van der Waals surface area contributed by atoms with Crippen LogP contribution in [0.4, 0.5) is 5.69 Å². The summed E-state index contributed by atoms with van der Waals surface area (Å²) in [5.41, 5.74) is 6.97. The summed E-state index contributed by atoms with van der Waals surface area (Å²) in [6.07, 6.45) is 2.90. The molecule has 0 aliphatic carbocycles. The molecule has 0 saturated heterocycles. The SMILES string of the molecule is Cc1cc(Cl)c(N)cc1S(=O)(=O)NCc1ccncn1. The number of hydrogen-bond acceptors (Lipinski definition) is 5. The Labute approximate surface area is 122 Å². The molecule has 1 heterocycles. The second-order valence-electron chi connectivity index (χ2n) is 4.16. The number of rotatable bonds is 4. The zero-order valence-corrected chi connectivity index (χ0v) is 12.2. The number of sulfonamides is 1. The molecule has 1 aromatic carbocycles. The van der Waals surface area contributed by atoms with Crippen molar-refractivity contribution in [3.8, 4) is 0 Å². The van der Waals surface area contributed by atoms with Crippen molar-refractivity contribution < 1.29 is 8.42 Å². The van der Waals surface area contributed by atoms with Gasteiger partial charge in [-0.2, -0.15) is 0 Å². The van der Waals surface area contributed by atoms with E-state index in [0.717, 1.165) is 0 Å². The van der Waals surface area contributed by atoms with Gasteiger partial charge in [-0.25, -0.2) is 23.1 Å². The summed E-state index contributed by atoms with van der Waals surface area (Å²) >= 11 is 5.85. The second kappa shape index (κ2) is 5.74. The summed E-state index contributed by atoms with van der Waals surface area (Å²) in [5, 5.41) is 0.331. The fraction of sp³-hybridized carbons (Fsp3) is 0.167. The third-order valence-corrected chi connectivity index (χ3v) is 4.54. The molecule has 0 aliphatic heterocycles. The molecule has 0 atom stereocenters. The van der Waals surface area contributed by atoms with Gasteiger partial charge in [0.05, 0.1) is 27.8 Å². The van der Waals surface area contributed by atoms with Crippen molar-refractivity contribution >= 4 is 27.3 Å². The summed E-state index contributed by atoms with van der Waals surface area (Å²) in [6, 6.07) is 4.50. The smallest absolute Gasteiger partial charge is 0.241 e. The van der Waals surface area contributed by atoms with Gasteiger partial charge in [-0.15, -0.1) is 0 Å². The fourth-order valence-corrected chi connectivity index (χ4v) is 3.10. The number of halogens is 1. The maximum absolute atomic E-state index is 12.2. The van der Waals surface area contributed by atoms with E-state index < -0.39 is 10.0 Å². The van der Waals surface area contributed by atoms with Crippen LogP contribution in [0.25, 0.3) is 0 Å². The first-order valence-electron chi connectivity index (χ1n) is 5.70. The van der Waals surface area contributed by atoms with Crippen molar-refractivity contribution in [1.29, 1.82) is 0 Å². The third kappa shape index (κ3) is 3.24. The van der Waals surface area contributed by atoms with Gasteiger partial charge >= 0.3 is 0 Å². The minimum absolute atomic E-state index is 0.0762. The number of nitrogen functional groups attached to an aromatic ring is 1. The number of anilines is 1. The first kappa shape index (κ1) is 14.7. The Balaban J connectivity index is 2.25. The van der Waals surface area contributed by atoms with Crippen LogP contribution >= 0.6 is 11.6 Å². The van der Waals surface area contributed by atoms with E-state index in [4.69, 9.17) is 17.3 Å².